The van der Waals surface area contributed by atoms with Crippen LogP contribution in [0.5, 0.6) is 0 Å². The van der Waals surface area contributed by atoms with Gasteiger partial charge in [-0.1, -0.05) is 6.07 Å². The van der Waals surface area contributed by atoms with E-state index in [4.69, 9.17) is 0 Å². The molecule has 0 saturated heterocycles. The fourth-order valence-corrected chi connectivity index (χ4v) is 2.36. The first kappa shape index (κ1) is 11.7. The Morgan fingerprint density at radius 1 is 1.24 bits per heavy atom. The molecule has 1 aromatic carbocycles. The maximum atomic E-state index is 11.9. The van der Waals surface area contributed by atoms with Gasteiger partial charge in [0.05, 0.1) is 6.20 Å². The lowest BCUT2D eigenvalue weighted by atomic mass is 10.1. The Morgan fingerprint density at radius 3 is 2.59 bits per heavy atom. The number of aromatic amines is 1. The maximum absolute atomic E-state index is 11.9. The molecule has 90 valence electrons. The lowest BCUT2D eigenvalue weighted by Crippen LogP contribution is -2.12. The Balaban J connectivity index is 2.30. The van der Waals surface area contributed by atoms with Crippen molar-refractivity contribution in [1.82, 2.24) is 10.2 Å². The summed E-state index contributed by atoms with van der Waals surface area (Å²) in [6.45, 7) is 3.91. The van der Waals surface area contributed by atoms with Gasteiger partial charge < -0.3 is 0 Å². The van der Waals surface area contributed by atoms with E-state index in [1.807, 2.05) is 19.9 Å². The number of sulfonamides is 1. The normalized spacial score (nSPS) is 11.4. The summed E-state index contributed by atoms with van der Waals surface area (Å²) in [6.07, 6.45) is 2.60. The number of rotatable bonds is 3. The molecule has 0 unspecified atom stereocenters. The van der Waals surface area contributed by atoms with Gasteiger partial charge in [0.25, 0.3) is 10.0 Å². The molecule has 0 bridgehead atoms. The van der Waals surface area contributed by atoms with Crippen molar-refractivity contribution >= 4 is 15.7 Å². The van der Waals surface area contributed by atoms with Gasteiger partial charge in [-0.2, -0.15) is 5.10 Å². The van der Waals surface area contributed by atoms with Crippen LogP contribution in [0.25, 0.3) is 0 Å². The van der Waals surface area contributed by atoms with Crippen molar-refractivity contribution in [1.29, 1.82) is 0 Å². The highest BCUT2D eigenvalue weighted by atomic mass is 32.2. The predicted octanol–water partition coefficient (Wildman–Crippen LogP) is 1.83. The number of hydrogen-bond acceptors (Lipinski definition) is 3. The molecule has 0 amide bonds. The first-order valence-electron chi connectivity index (χ1n) is 5.08. The number of hydrogen-bond donors (Lipinski definition) is 2. The van der Waals surface area contributed by atoms with Gasteiger partial charge >= 0.3 is 0 Å². The summed E-state index contributed by atoms with van der Waals surface area (Å²) in [5.41, 5.74) is 2.71. The summed E-state index contributed by atoms with van der Waals surface area (Å²) in [6, 6.07) is 5.41. The number of nitrogens with zero attached hydrogens (tertiary/aromatic N) is 1. The van der Waals surface area contributed by atoms with E-state index in [1.54, 1.807) is 12.1 Å². The Bertz CT molecular complexity index is 618. The molecule has 2 N–H and O–H groups in total. The van der Waals surface area contributed by atoms with Crippen LogP contribution in [0.2, 0.25) is 0 Å². The SMILES string of the molecule is Cc1ccc(NS(=O)(=O)c2cn[nH]c2)cc1C. The van der Waals surface area contributed by atoms with E-state index in [2.05, 4.69) is 14.9 Å². The summed E-state index contributed by atoms with van der Waals surface area (Å²) < 4.78 is 26.3. The van der Waals surface area contributed by atoms with E-state index in [-0.39, 0.29) is 4.90 Å². The summed E-state index contributed by atoms with van der Waals surface area (Å²) in [5.74, 6) is 0. The second-order valence-corrected chi connectivity index (χ2v) is 5.52. The first-order chi connectivity index (χ1) is 7.99. The fourth-order valence-electron chi connectivity index (χ4n) is 1.40. The van der Waals surface area contributed by atoms with Gasteiger partial charge in [0.1, 0.15) is 4.90 Å². The highest BCUT2D eigenvalue weighted by molar-refractivity contribution is 7.92. The molecular formula is C11H13N3O2S. The molecule has 6 heteroatoms. The van der Waals surface area contributed by atoms with Gasteiger partial charge in [0.15, 0.2) is 0 Å². The van der Waals surface area contributed by atoms with E-state index in [1.165, 1.54) is 12.4 Å². The van der Waals surface area contributed by atoms with Crippen molar-refractivity contribution in [2.24, 2.45) is 0 Å². The number of aryl methyl sites for hydroxylation is 2. The average Bonchev–Trinajstić information content (AvgIpc) is 2.77. The monoisotopic (exact) mass is 251 g/mol. The Labute approximate surface area is 99.9 Å². The van der Waals surface area contributed by atoms with E-state index in [0.29, 0.717) is 5.69 Å². The van der Waals surface area contributed by atoms with Crippen LogP contribution in [0, 0.1) is 13.8 Å². The maximum Gasteiger partial charge on any atom is 0.265 e. The van der Waals surface area contributed by atoms with Crippen LogP contribution in [-0.2, 0) is 10.0 Å². The zero-order chi connectivity index (χ0) is 12.5. The number of nitrogens with one attached hydrogen (secondary N) is 2. The molecule has 5 nitrogen and oxygen atoms in total. The Morgan fingerprint density at radius 2 is 2.00 bits per heavy atom. The molecule has 1 heterocycles. The quantitative estimate of drug-likeness (QED) is 0.873. The highest BCUT2D eigenvalue weighted by Gasteiger charge is 2.15. The fraction of sp³-hybridized carbons (Fsp3) is 0.182. The van der Waals surface area contributed by atoms with E-state index in [9.17, 15) is 8.42 Å². The zero-order valence-corrected chi connectivity index (χ0v) is 10.4. The molecule has 0 radical (unpaired) electrons. The van der Waals surface area contributed by atoms with E-state index < -0.39 is 10.0 Å². The zero-order valence-electron chi connectivity index (χ0n) is 9.56. The molecule has 0 atom stereocenters. The number of benzene rings is 1. The Hall–Kier alpha value is -1.82. The number of aromatic nitrogens is 2. The topological polar surface area (TPSA) is 74.8 Å². The van der Waals surface area contributed by atoms with Gasteiger partial charge in [-0.05, 0) is 37.1 Å². The molecule has 0 aliphatic carbocycles. The summed E-state index contributed by atoms with van der Waals surface area (Å²) in [4.78, 5) is 0.121. The minimum Gasteiger partial charge on any atom is -0.284 e. The number of anilines is 1. The van der Waals surface area contributed by atoms with Crippen molar-refractivity contribution in [2.75, 3.05) is 4.72 Å². The number of H-pyrrole nitrogens is 1. The lowest BCUT2D eigenvalue weighted by molar-refractivity contribution is 0.601. The van der Waals surface area contributed by atoms with Crippen LogP contribution in [0.1, 0.15) is 11.1 Å². The molecule has 2 aromatic rings. The molecule has 17 heavy (non-hydrogen) atoms. The molecule has 0 aliphatic rings. The van der Waals surface area contributed by atoms with Gasteiger partial charge in [0.2, 0.25) is 0 Å². The third-order valence-electron chi connectivity index (χ3n) is 2.54. The summed E-state index contributed by atoms with van der Waals surface area (Å²) in [5, 5.41) is 6.09. The highest BCUT2D eigenvalue weighted by Crippen LogP contribution is 2.18. The molecule has 0 spiro atoms. The Kier molecular flexibility index (Phi) is 2.89. The molecule has 1 aromatic heterocycles. The summed E-state index contributed by atoms with van der Waals surface area (Å²) in [7, 11) is -3.54. The van der Waals surface area contributed by atoms with Gasteiger partial charge in [-0.15, -0.1) is 0 Å². The third kappa shape index (κ3) is 2.47. The van der Waals surface area contributed by atoms with Crippen LogP contribution in [0.3, 0.4) is 0 Å². The largest absolute Gasteiger partial charge is 0.284 e. The molecule has 0 saturated carbocycles. The van der Waals surface area contributed by atoms with Gasteiger partial charge in [0, 0.05) is 11.9 Å². The van der Waals surface area contributed by atoms with Crippen molar-refractivity contribution in [3.8, 4) is 0 Å². The molecule has 0 aliphatic heterocycles. The summed E-state index contributed by atoms with van der Waals surface area (Å²) >= 11 is 0. The van der Waals surface area contributed by atoms with Crippen LogP contribution in [0.4, 0.5) is 5.69 Å². The average molecular weight is 251 g/mol. The van der Waals surface area contributed by atoms with Gasteiger partial charge in [-0.3, -0.25) is 9.82 Å². The minimum atomic E-state index is -3.54. The standard InChI is InChI=1S/C11H13N3O2S/c1-8-3-4-10(5-9(8)2)14-17(15,16)11-6-12-13-7-11/h3-7,14H,1-2H3,(H,12,13). The molecule has 0 fully saturated rings. The lowest BCUT2D eigenvalue weighted by Gasteiger charge is -2.08. The van der Waals surface area contributed by atoms with Crippen LogP contribution >= 0.6 is 0 Å². The van der Waals surface area contributed by atoms with Crippen molar-refractivity contribution in [2.45, 2.75) is 18.7 Å². The second-order valence-electron chi connectivity index (χ2n) is 3.84. The smallest absolute Gasteiger partial charge is 0.265 e. The van der Waals surface area contributed by atoms with Gasteiger partial charge in [-0.25, -0.2) is 8.42 Å². The molecular weight excluding hydrogens is 238 g/mol. The van der Waals surface area contributed by atoms with E-state index >= 15 is 0 Å². The van der Waals surface area contributed by atoms with Crippen molar-refractivity contribution in [3.63, 3.8) is 0 Å². The third-order valence-corrected chi connectivity index (χ3v) is 3.89. The predicted molar refractivity (Wildman–Crippen MR) is 65.3 cm³/mol. The van der Waals surface area contributed by atoms with Crippen LogP contribution in [-0.4, -0.2) is 18.6 Å². The minimum absolute atomic E-state index is 0.121. The van der Waals surface area contributed by atoms with Crippen molar-refractivity contribution < 1.29 is 8.42 Å². The van der Waals surface area contributed by atoms with Crippen LogP contribution in [0.15, 0.2) is 35.5 Å². The molecule has 2 rings (SSSR count). The van der Waals surface area contributed by atoms with Crippen LogP contribution < -0.4 is 4.72 Å². The first-order valence-corrected chi connectivity index (χ1v) is 6.56. The van der Waals surface area contributed by atoms with Crippen molar-refractivity contribution in [3.05, 3.63) is 41.7 Å². The van der Waals surface area contributed by atoms with E-state index in [0.717, 1.165) is 11.1 Å². The second kappa shape index (κ2) is 4.21.